The van der Waals surface area contributed by atoms with Crippen molar-refractivity contribution in [1.82, 2.24) is 5.32 Å². The molecule has 1 atom stereocenters. The first-order chi connectivity index (χ1) is 8.79. The van der Waals surface area contributed by atoms with Crippen molar-refractivity contribution < 1.29 is 0 Å². The average molecular weight is 324 g/mol. The van der Waals surface area contributed by atoms with Crippen LogP contribution in [0, 0.1) is 0 Å². The molecule has 1 aromatic heterocycles. The van der Waals surface area contributed by atoms with Crippen molar-refractivity contribution in [2.24, 2.45) is 0 Å². The molecule has 0 fully saturated rings. The Hall–Kier alpha value is -0.640. The molecule has 0 spiro atoms. The molecule has 0 saturated carbocycles. The van der Waals surface area contributed by atoms with E-state index >= 15 is 0 Å². The highest BCUT2D eigenvalue weighted by atomic mass is 79.9. The highest BCUT2D eigenvalue weighted by molar-refractivity contribution is 9.10. The van der Waals surface area contributed by atoms with Crippen molar-refractivity contribution >= 4 is 27.3 Å². The van der Waals surface area contributed by atoms with E-state index in [0.717, 1.165) is 12.8 Å². The minimum atomic E-state index is 0.533. The first-order valence-electron chi connectivity index (χ1n) is 6.22. The van der Waals surface area contributed by atoms with Gasteiger partial charge in [-0.25, -0.2) is 0 Å². The van der Waals surface area contributed by atoms with Crippen molar-refractivity contribution in [1.29, 1.82) is 0 Å². The largest absolute Gasteiger partial charge is 0.317 e. The molecule has 1 heterocycles. The molecule has 0 saturated heterocycles. The molecular weight excluding hydrogens is 306 g/mol. The molecule has 2 rings (SSSR count). The number of nitrogens with one attached hydrogen (secondary N) is 1. The van der Waals surface area contributed by atoms with E-state index in [0.29, 0.717) is 6.04 Å². The molecular formula is C15H18BrNS. The lowest BCUT2D eigenvalue weighted by Gasteiger charge is -2.16. The maximum Gasteiger partial charge on any atom is 0.0207 e. The molecule has 0 aliphatic carbocycles. The SMILES string of the molecule is CNC(CCc1cccs1)Cc1ccccc1Br. The van der Waals surface area contributed by atoms with Crippen LogP contribution in [0.25, 0.3) is 0 Å². The van der Waals surface area contributed by atoms with Gasteiger partial charge in [0.2, 0.25) is 0 Å². The van der Waals surface area contributed by atoms with Crippen LogP contribution in [-0.2, 0) is 12.8 Å². The second-order valence-corrected chi connectivity index (χ2v) is 6.29. The Labute approximate surface area is 121 Å². The zero-order valence-corrected chi connectivity index (χ0v) is 12.9. The fourth-order valence-electron chi connectivity index (χ4n) is 2.05. The highest BCUT2D eigenvalue weighted by Crippen LogP contribution is 2.19. The molecule has 0 bridgehead atoms. The van der Waals surface area contributed by atoms with E-state index in [4.69, 9.17) is 0 Å². The van der Waals surface area contributed by atoms with Gasteiger partial charge in [0.05, 0.1) is 0 Å². The Morgan fingerprint density at radius 3 is 2.72 bits per heavy atom. The Morgan fingerprint density at radius 2 is 2.06 bits per heavy atom. The lowest BCUT2D eigenvalue weighted by Crippen LogP contribution is -2.28. The van der Waals surface area contributed by atoms with Crippen LogP contribution < -0.4 is 5.32 Å². The van der Waals surface area contributed by atoms with Gasteiger partial charge in [-0.05, 0) is 49.4 Å². The molecule has 18 heavy (non-hydrogen) atoms. The van der Waals surface area contributed by atoms with Gasteiger partial charge in [-0.1, -0.05) is 40.2 Å². The molecule has 0 aliphatic heterocycles. The summed E-state index contributed by atoms with van der Waals surface area (Å²) in [5, 5.41) is 5.57. The summed E-state index contributed by atoms with van der Waals surface area (Å²) < 4.78 is 1.21. The molecule has 2 aromatic rings. The standard InChI is InChI=1S/C15H18BrNS/c1-17-13(8-9-14-6-4-10-18-14)11-12-5-2-3-7-15(12)16/h2-7,10,13,17H,8-9,11H2,1H3. The summed E-state index contributed by atoms with van der Waals surface area (Å²) >= 11 is 5.47. The fourth-order valence-corrected chi connectivity index (χ4v) is 3.22. The van der Waals surface area contributed by atoms with E-state index in [2.05, 4.69) is 70.1 Å². The molecule has 1 unspecified atom stereocenters. The summed E-state index contributed by atoms with van der Waals surface area (Å²) in [4.78, 5) is 1.47. The third-order valence-electron chi connectivity index (χ3n) is 3.15. The molecule has 0 amide bonds. The van der Waals surface area contributed by atoms with Crippen LogP contribution in [0.2, 0.25) is 0 Å². The van der Waals surface area contributed by atoms with Crippen LogP contribution in [0.5, 0.6) is 0 Å². The van der Waals surface area contributed by atoms with Gasteiger partial charge in [-0.15, -0.1) is 11.3 Å². The third kappa shape index (κ3) is 3.94. The number of hydrogen-bond acceptors (Lipinski definition) is 2. The van der Waals surface area contributed by atoms with Crippen LogP contribution in [0.4, 0.5) is 0 Å². The lowest BCUT2D eigenvalue weighted by molar-refractivity contribution is 0.521. The van der Waals surface area contributed by atoms with Crippen LogP contribution in [0.15, 0.2) is 46.3 Å². The van der Waals surface area contributed by atoms with Gasteiger partial charge in [0.15, 0.2) is 0 Å². The van der Waals surface area contributed by atoms with E-state index < -0.39 is 0 Å². The maximum absolute atomic E-state index is 3.62. The number of aryl methyl sites for hydroxylation is 1. The van der Waals surface area contributed by atoms with Crippen LogP contribution in [-0.4, -0.2) is 13.1 Å². The summed E-state index contributed by atoms with van der Waals surface area (Å²) in [7, 11) is 2.05. The number of rotatable bonds is 6. The van der Waals surface area contributed by atoms with E-state index in [1.807, 2.05) is 11.3 Å². The maximum atomic E-state index is 3.62. The topological polar surface area (TPSA) is 12.0 Å². The molecule has 3 heteroatoms. The smallest absolute Gasteiger partial charge is 0.0207 e. The third-order valence-corrected chi connectivity index (χ3v) is 4.86. The van der Waals surface area contributed by atoms with Gasteiger partial charge >= 0.3 is 0 Å². The number of halogens is 1. The zero-order valence-electron chi connectivity index (χ0n) is 10.5. The minimum absolute atomic E-state index is 0.533. The summed E-state index contributed by atoms with van der Waals surface area (Å²) in [6.07, 6.45) is 3.41. The van der Waals surface area contributed by atoms with Crippen molar-refractivity contribution in [2.75, 3.05) is 7.05 Å². The monoisotopic (exact) mass is 323 g/mol. The number of likely N-dealkylation sites (N-methyl/N-ethyl adjacent to an activating group) is 1. The molecule has 96 valence electrons. The summed E-state index contributed by atoms with van der Waals surface area (Å²) in [6, 6.07) is 13.4. The van der Waals surface area contributed by atoms with Gasteiger partial charge in [0.1, 0.15) is 0 Å². The fraction of sp³-hybridized carbons (Fsp3) is 0.333. The molecule has 0 aliphatic rings. The molecule has 1 aromatic carbocycles. The number of benzene rings is 1. The second kappa shape index (κ2) is 7.07. The van der Waals surface area contributed by atoms with Crippen molar-refractivity contribution in [3.63, 3.8) is 0 Å². The summed E-state index contributed by atoms with van der Waals surface area (Å²) in [5.41, 5.74) is 1.38. The first kappa shape index (κ1) is 13.8. The predicted molar refractivity (Wildman–Crippen MR) is 83.3 cm³/mol. The van der Waals surface area contributed by atoms with Crippen molar-refractivity contribution in [3.05, 3.63) is 56.7 Å². The normalized spacial score (nSPS) is 12.6. The van der Waals surface area contributed by atoms with Crippen molar-refractivity contribution in [2.45, 2.75) is 25.3 Å². The van der Waals surface area contributed by atoms with E-state index in [9.17, 15) is 0 Å². The van der Waals surface area contributed by atoms with Gasteiger partial charge < -0.3 is 5.32 Å². The highest BCUT2D eigenvalue weighted by Gasteiger charge is 2.09. The van der Waals surface area contributed by atoms with Gasteiger partial charge in [-0.2, -0.15) is 0 Å². The molecule has 1 nitrogen and oxygen atoms in total. The summed E-state index contributed by atoms with van der Waals surface area (Å²) in [6.45, 7) is 0. The Bertz CT molecular complexity index is 467. The predicted octanol–water partition coefficient (Wildman–Crippen LogP) is 4.27. The quantitative estimate of drug-likeness (QED) is 0.836. The minimum Gasteiger partial charge on any atom is -0.317 e. The molecule has 1 N–H and O–H groups in total. The van der Waals surface area contributed by atoms with Gasteiger partial charge in [0, 0.05) is 15.4 Å². The second-order valence-electron chi connectivity index (χ2n) is 4.40. The number of thiophene rings is 1. The average Bonchev–Trinajstić information content (AvgIpc) is 2.90. The first-order valence-corrected chi connectivity index (χ1v) is 7.90. The van der Waals surface area contributed by atoms with E-state index in [1.54, 1.807) is 0 Å². The van der Waals surface area contributed by atoms with Crippen LogP contribution >= 0.6 is 27.3 Å². The van der Waals surface area contributed by atoms with E-state index in [1.165, 1.54) is 21.3 Å². The van der Waals surface area contributed by atoms with Gasteiger partial charge in [0.25, 0.3) is 0 Å². The Morgan fingerprint density at radius 1 is 1.22 bits per heavy atom. The van der Waals surface area contributed by atoms with Crippen LogP contribution in [0.3, 0.4) is 0 Å². The Balaban J connectivity index is 1.91. The van der Waals surface area contributed by atoms with Crippen LogP contribution in [0.1, 0.15) is 16.9 Å². The summed E-state index contributed by atoms with van der Waals surface area (Å²) in [5.74, 6) is 0. The van der Waals surface area contributed by atoms with Gasteiger partial charge in [-0.3, -0.25) is 0 Å². The Kier molecular flexibility index (Phi) is 5.42. The molecule has 0 radical (unpaired) electrons. The van der Waals surface area contributed by atoms with Crippen molar-refractivity contribution in [3.8, 4) is 0 Å². The van der Waals surface area contributed by atoms with E-state index in [-0.39, 0.29) is 0 Å². The number of hydrogen-bond donors (Lipinski definition) is 1. The zero-order chi connectivity index (χ0) is 12.8. The lowest BCUT2D eigenvalue weighted by atomic mass is 10.0.